The number of para-hydroxylation sites is 2. The van der Waals surface area contributed by atoms with E-state index in [9.17, 15) is 0 Å². The molecule has 0 aliphatic rings. The van der Waals surface area contributed by atoms with Gasteiger partial charge in [0.05, 0.1) is 0 Å². The van der Waals surface area contributed by atoms with E-state index in [1.54, 1.807) is 0 Å². The smallest absolute Gasteiger partial charge is 0.143 e. The lowest BCUT2D eigenvalue weighted by molar-refractivity contribution is 0.669. The summed E-state index contributed by atoms with van der Waals surface area (Å²) in [6.07, 6.45) is 0. The maximum Gasteiger partial charge on any atom is 0.143 e. The van der Waals surface area contributed by atoms with Crippen LogP contribution in [-0.2, 0) is 0 Å². The van der Waals surface area contributed by atoms with Crippen LogP contribution < -0.4 is 4.90 Å². The van der Waals surface area contributed by atoms with E-state index < -0.39 is 0 Å². The van der Waals surface area contributed by atoms with E-state index in [2.05, 4.69) is 157 Å². The quantitative estimate of drug-likeness (QED) is 0.201. The summed E-state index contributed by atoms with van der Waals surface area (Å²) in [6.45, 7) is 0. The van der Waals surface area contributed by atoms with E-state index in [-0.39, 0.29) is 0 Å². The van der Waals surface area contributed by atoms with Crippen LogP contribution in [0.5, 0.6) is 0 Å². The number of nitrogens with zero attached hydrogens (tertiary/aromatic N) is 1. The van der Waals surface area contributed by atoms with E-state index in [1.165, 1.54) is 16.3 Å². The molecule has 0 atom stereocenters. The highest BCUT2D eigenvalue weighted by molar-refractivity contribution is 6.15. The molecule has 0 unspecified atom stereocenters. The predicted molar refractivity (Wildman–Crippen MR) is 196 cm³/mol. The highest BCUT2D eigenvalue weighted by Crippen LogP contribution is 2.41. The van der Waals surface area contributed by atoms with Gasteiger partial charge in [-0.05, 0) is 94.0 Å². The zero-order valence-corrected chi connectivity index (χ0v) is 25.4. The first kappa shape index (κ1) is 26.0. The standard InChI is InChI=1S/C44H27NO2/c1-2-9-33(10-3-1)45(35-21-23-38-39-22-18-29-8-4-5-11-36(29)44(39)47-43(38)27-35)34-19-16-28(17-20-34)30-14-15-31-25-40-37-12-6-7-13-41(37)46-42(40)26-32(31)24-30/h1-27H. The minimum absolute atomic E-state index is 0.876. The largest absolute Gasteiger partial charge is 0.456 e. The molecule has 47 heavy (non-hydrogen) atoms. The van der Waals surface area contributed by atoms with Crippen LogP contribution in [0.2, 0.25) is 0 Å². The number of hydrogen-bond donors (Lipinski definition) is 0. The fourth-order valence-corrected chi connectivity index (χ4v) is 7.11. The van der Waals surface area contributed by atoms with Gasteiger partial charge in [0.1, 0.15) is 22.3 Å². The van der Waals surface area contributed by atoms with Crippen molar-refractivity contribution in [2.45, 2.75) is 0 Å². The molecule has 2 aromatic heterocycles. The number of rotatable bonds is 4. The summed E-state index contributed by atoms with van der Waals surface area (Å²) in [4.78, 5) is 2.28. The fourth-order valence-electron chi connectivity index (χ4n) is 7.11. The number of benzene rings is 8. The zero-order chi connectivity index (χ0) is 30.9. The molecular weight excluding hydrogens is 574 g/mol. The Morgan fingerprint density at radius 1 is 0.319 bits per heavy atom. The van der Waals surface area contributed by atoms with Gasteiger partial charge in [-0.25, -0.2) is 0 Å². The normalized spacial score (nSPS) is 11.8. The third kappa shape index (κ3) is 4.14. The van der Waals surface area contributed by atoms with Crippen molar-refractivity contribution in [1.29, 1.82) is 0 Å². The van der Waals surface area contributed by atoms with Crippen molar-refractivity contribution in [3.05, 3.63) is 164 Å². The summed E-state index contributed by atoms with van der Waals surface area (Å²) in [7, 11) is 0. The van der Waals surface area contributed by atoms with Crippen LogP contribution in [0.1, 0.15) is 0 Å². The van der Waals surface area contributed by atoms with Gasteiger partial charge in [0.15, 0.2) is 0 Å². The molecule has 2 heterocycles. The van der Waals surface area contributed by atoms with Crippen molar-refractivity contribution >= 4 is 82.5 Å². The summed E-state index contributed by atoms with van der Waals surface area (Å²) >= 11 is 0. The van der Waals surface area contributed by atoms with Gasteiger partial charge in [-0.3, -0.25) is 0 Å². The summed E-state index contributed by atoms with van der Waals surface area (Å²) in [5.74, 6) is 0. The van der Waals surface area contributed by atoms with Gasteiger partial charge in [-0.15, -0.1) is 0 Å². The van der Waals surface area contributed by atoms with Crippen molar-refractivity contribution in [1.82, 2.24) is 0 Å². The molecule has 0 bridgehead atoms. The van der Waals surface area contributed by atoms with Crippen LogP contribution in [0, 0.1) is 0 Å². The molecule has 0 saturated carbocycles. The SMILES string of the molecule is c1ccc(N(c2ccc(-c3ccc4cc5c(cc4c3)oc3ccccc35)cc2)c2ccc3c(c2)oc2c4ccccc4ccc32)cc1. The van der Waals surface area contributed by atoms with Crippen molar-refractivity contribution < 1.29 is 8.83 Å². The van der Waals surface area contributed by atoms with Crippen LogP contribution in [0.4, 0.5) is 17.1 Å². The summed E-state index contributed by atoms with van der Waals surface area (Å²) in [6, 6.07) is 57.9. The molecule has 220 valence electrons. The van der Waals surface area contributed by atoms with Crippen LogP contribution in [0.15, 0.2) is 173 Å². The molecule has 3 heteroatoms. The second-order valence-corrected chi connectivity index (χ2v) is 12.2. The van der Waals surface area contributed by atoms with E-state index in [1.807, 2.05) is 12.1 Å². The van der Waals surface area contributed by atoms with Crippen LogP contribution >= 0.6 is 0 Å². The number of furan rings is 2. The van der Waals surface area contributed by atoms with E-state index in [4.69, 9.17) is 8.83 Å². The first-order valence-corrected chi connectivity index (χ1v) is 15.9. The Kier molecular flexibility index (Phi) is 5.57. The molecule has 8 aromatic carbocycles. The molecule has 0 aliphatic carbocycles. The van der Waals surface area contributed by atoms with Crippen LogP contribution in [-0.4, -0.2) is 0 Å². The molecule has 10 aromatic rings. The summed E-state index contributed by atoms with van der Waals surface area (Å²) in [5.41, 5.74) is 9.18. The molecule has 0 fully saturated rings. The molecule has 10 rings (SSSR count). The summed E-state index contributed by atoms with van der Waals surface area (Å²) < 4.78 is 12.7. The summed E-state index contributed by atoms with van der Waals surface area (Å²) in [5, 5.41) is 9.24. The Labute approximate surface area is 270 Å². The van der Waals surface area contributed by atoms with Gasteiger partial charge in [0.2, 0.25) is 0 Å². The highest BCUT2D eigenvalue weighted by Gasteiger charge is 2.17. The first-order chi connectivity index (χ1) is 23.3. The molecule has 3 nitrogen and oxygen atoms in total. The van der Waals surface area contributed by atoms with Crippen molar-refractivity contribution in [3.8, 4) is 11.1 Å². The molecule has 0 aliphatic heterocycles. The number of fused-ring (bicyclic) bond motifs is 9. The Hall–Kier alpha value is -6.32. The maximum atomic E-state index is 6.55. The van der Waals surface area contributed by atoms with Crippen LogP contribution in [0.25, 0.3) is 76.5 Å². The monoisotopic (exact) mass is 601 g/mol. The van der Waals surface area contributed by atoms with Gasteiger partial charge in [0.25, 0.3) is 0 Å². The average molecular weight is 602 g/mol. The average Bonchev–Trinajstić information content (AvgIpc) is 3.69. The lowest BCUT2D eigenvalue weighted by Gasteiger charge is -2.25. The molecular formula is C44H27NO2. The second-order valence-electron chi connectivity index (χ2n) is 12.2. The first-order valence-electron chi connectivity index (χ1n) is 15.9. The maximum absolute atomic E-state index is 6.55. The fraction of sp³-hybridized carbons (Fsp3) is 0. The highest BCUT2D eigenvalue weighted by atomic mass is 16.3. The van der Waals surface area contributed by atoms with E-state index in [0.29, 0.717) is 0 Å². The third-order valence-electron chi connectivity index (χ3n) is 9.41. The van der Waals surface area contributed by atoms with Gasteiger partial charge >= 0.3 is 0 Å². The Bertz CT molecular complexity index is 2790. The van der Waals surface area contributed by atoms with Crippen molar-refractivity contribution in [2.75, 3.05) is 4.90 Å². The molecule has 0 spiro atoms. The van der Waals surface area contributed by atoms with Crippen LogP contribution in [0.3, 0.4) is 0 Å². The minimum atomic E-state index is 0.876. The van der Waals surface area contributed by atoms with Gasteiger partial charge < -0.3 is 13.7 Å². The van der Waals surface area contributed by atoms with Crippen molar-refractivity contribution in [2.24, 2.45) is 0 Å². The molecule has 0 radical (unpaired) electrons. The van der Waals surface area contributed by atoms with Gasteiger partial charge in [-0.1, -0.05) is 91.0 Å². The van der Waals surface area contributed by atoms with Gasteiger partial charge in [-0.2, -0.15) is 0 Å². The van der Waals surface area contributed by atoms with E-state index >= 15 is 0 Å². The molecule has 0 saturated heterocycles. The lowest BCUT2D eigenvalue weighted by Crippen LogP contribution is -2.09. The Balaban J connectivity index is 1.05. The van der Waals surface area contributed by atoms with Crippen molar-refractivity contribution in [3.63, 3.8) is 0 Å². The Morgan fingerprint density at radius 3 is 1.87 bits per heavy atom. The number of anilines is 3. The molecule has 0 amide bonds. The van der Waals surface area contributed by atoms with E-state index in [0.717, 1.165) is 77.3 Å². The Morgan fingerprint density at radius 2 is 0.979 bits per heavy atom. The topological polar surface area (TPSA) is 29.5 Å². The minimum Gasteiger partial charge on any atom is -0.456 e. The zero-order valence-electron chi connectivity index (χ0n) is 25.4. The van der Waals surface area contributed by atoms with Gasteiger partial charge in [0, 0.05) is 50.1 Å². The third-order valence-corrected chi connectivity index (χ3v) is 9.41. The lowest BCUT2D eigenvalue weighted by atomic mass is 9.99. The molecule has 0 N–H and O–H groups in total. The number of hydrogen-bond acceptors (Lipinski definition) is 3. The second kappa shape index (κ2) is 10.1. The predicted octanol–water partition coefficient (Wildman–Crippen LogP) is 12.9.